The Kier molecular flexibility index (Phi) is 5.89. The van der Waals surface area contributed by atoms with Gasteiger partial charge in [0.05, 0.1) is 18.9 Å². The van der Waals surface area contributed by atoms with Gasteiger partial charge in [-0.1, -0.05) is 12.1 Å². The maximum absolute atomic E-state index is 13.5. The highest BCUT2D eigenvalue weighted by Crippen LogP contribution is 2.33. The number of nitrogens with zero attached hydrogens (tertiary/aromatic N) is 4. The van der Waals surface area contributed by atoms with Gasteiger partial charge in [0.2, 0.25) is 5.91 Å². The first-order valence-electron chi connectivity index (χ1n) is 10.2. The van der Waals surface area contributed by atoms with Crippen molar-refractivity contribution in [2.24, 2.45) is 0 Å². The quantitative estimate of drug-likeness (QED) is 0.847. The minimum atomic E-state index is -0.979. The Labute approximate surface area is 171 Å². The Balaban J connectivity index is 1.49. The zero-order valence-electron chi connectivity index (χ0n) is 16.8. The molecule has 2 aliphatic heterocycles. The highest BCUT2D eigenvalue weighted by Gasteiger charge is 2.39. The lowest BCUT2D eigenvalue weighted by Gasteiger charge is -2.41. The van der Waals surface area contributed by atoms with Gasteiger partial charge in [-0.15, -0.1) is 0 Å². The third-order valence-corrected chi connectivity index (χ3v) is 5.94. The lowest BCUT2D eigenvalue weighted by atomic mass is 9.87. The molecule has 1 atom stereocenters. The molecule has 0 bridgehead atoms. The van der Waals surface area contributed by atoms with Gasteiger partial charge in [0.1, 0.15) is 11.6 Å². The SMILES string of the molecule is Cc1ccc(C2(O)CCN(C(=O)C(c3cccnc3)N3CCOCC3)CC2)nc1. The summed E-state index contributed by atoms with van der Waals surface area (Å²) in [7, 11) is 0. The van der Waals surface area contributed by atoms with E-state index in [1.807, 2.05) is 36.1 Å². The molecule has 2 saturated heterocycles. The molecule has 0 spiro atoms. The Morgan fingerprint density at radius 2 is 1.90 bits per heavy atom. The predicted molar refractivity (Wildman–Crippen MR) is 108 cm³/mol. The van der Waals surface area contributed by atoms with Crippen LogP contribution in [0.3, 0.4) is 0 Å². The van der Waals surface area contributed by atoms with Gasteiger partial charge in [0.25, 0.3) is 0 Å². The molecule has 1 unspecified atom stereocenters. The highest BCUT2D eigenvalue weighted by molar-refractivity contribution is 5.83. The molecule has 2 fully saturated rings. The molecule has 29 heavy (non-hydrogen) atoms. The van der Waals surface area contributed by atoms with Crippen molar-refractivity contribution in [3.8, 4) is 0 Å². The summed E-state index contributed by atoms with van der Waals surface area (Å²) >= 11 is 0. The van der Waals surface area contributed by atoms with E-state index in [4.69, 9.17) is 4.74 Å². The van der Waals surface area contributed by atoms with Gasteiger partial charge in [-0.3, -0.25) is 19.7 Å². The fraction of sp³-hybridized carbons (Fsp3) is 0.500. The van der Waals surface area contributed by atoms with E-state index < -0.39 is 5.60 Å². The van der Waals surface area contributed by atoms with Crippen LogP contribution in [0, 0.1) is 6.92 Å². The normalized spacial score (nSPS) is 21.0. The molecule has 0 saturated carbocycles. The van der Waals surface area contributed by atoms with Crippen LogP contribution in [0.2, 0.25) is 0 Å². The predicted octanol–water partition coefficient (Wildman–Crippen LogP) is 1.67. The number of amides is 1. The number of piperidine rings is 1. The molecular formula is C22H28N4O3. The van der Waals surface area contributed by atoms with Crippen LogP contribution in [0.4, 0.5) is 0 Å². The van der Waals surface area contributed by atoms with Crippen LogP contribution in [0.1, 0.15) is 35.7 Å². The zero-order chi connectivity index (χ0) is 20.3. The van der Waals surface area contributed by atoms with Crippen LogP contribution < -0.4 is 0 Å². The molecule has 0 aromatic carbocycles. The minimum absolute atomic E-state index is 0.0683. The summed E-state index contributed by atoms with van der Waals surface area (Å²) in [6.07, 6.45) is 6.24. The average molecular weight is 396 g/mol. The van der Waals surface area contributed by atoms with Crippen LogP contribution in [0.15, 0.2) is 42.9 Å². The van der Waals surface area contributed by atoms with E-state index in [1.54, 1.807) is 18.6 Å². The molecule has 0 radical (unpaired) electrons. The van der Waals surface area contributed by atoms with Gasteiger partial charge in [0, 0.05) is 44.8 Å². The number of ether oxygens (including phenoxy) is 1. The first kappa shape index (κ1) is 19.9. The summed E-state index contributed by atoms with van der Waals surface area (Å²) in [5.74, 6) is 0.0683. The molecule has 1 amide bonds. The first-order valence-corrected chi connectivity index (χ1v) is 10.2. The molecule has 2 aliphatic rings. The second kappa shape index (κ2) is 8.57. The van der Waals surface area contributed by atoms with E-state index in [0.29, 0.717) is 44.8 Å². The number of aryl methyl sites for hydroxylation is 1. The lowest BCUT2D eigenvalue weighted by Crippen LogP contribution is -2.51. The topological polar surface area (TPSA) is 78.8 Å². The molecule has 4 rings (SSSR count). The number of carbonyl (C=O) groups is 1. The van der Waals surface area contributed by atoms with Crippen molar-refractivity contribution in [2.45, 2.75) is 31.4 Å². The van der Waals surface area contributed by atoms with E-state index in [2.05, 4.69) is 14.9 Å². The largest absolute Gasteiger partial charge is 0.383 e. The van der Waals surface area contributed by atoms with Crippen LogP contribution in [0.5, 0.6) is 0 Å². The number of morpholine rings is 1. The summed E-state index contributed by atoms with van der Waals surface area (Å²) in [6.45, 7) is 5.68. The number of pyridine rings is 2. The third-order valence-electron chi connectivity index (χ3n) is 5.94. The Hall–Kier alpha value is -2.35. The van der Waals surface area contributed by atoms with Crippen molar-refractivity contribution in [3.05, 3.63) is 59.7 Å². The van der Waals surface area contributed by atoms with Crippen LogP contribution in [-0.2, 0) is 15.1 Å². The van der Waals surface area contributed by atoms with Crippen molar-refractivity contribution in [2.75, 3.05) is 39.4 Å². The van der Waals surface area contributed by atoms with Crippen molar-refractivity contribution in [1.29, 1.82) is 0 Å². The second-order valence-corrected chi connectivity index (χ2v) is 7.91. The van der Waals surface area contributed by atoms with Crippen LogP contribution >= 0.6 is 0 Å². The van der Waals surface area contributed by atoms with Crippen molar-refractivity contribution >= 4 is 5.91 Å². The summed E-state index contributed by atoms with van der Waals surface area (Å²) in [5, 5.41) is 11.1. The van der Waals surface area contributed by atoms with Crippen LogP contribution in [-0.4, -0.2) is 70.2 Å². The highest BCUT2D eigenvalue weighted by atomic mass is 16.5. The fourth-order valence-corrected chi connectivity index (χ4v) is 4.15. The third kappa shape index (κ3) is 4.32. The smallest absolute Gasteiger partial charge is 0.244 e. The standard InChI is InChI=1S/C22H28N4O3/c1-17-4-5-19(24-15-17)22(28)6-9-26(10-7-22)21(27)20(18-3-2-8-23-16-18)25-11-13-29-14-12-25/h2-5,8,15-16,20,28H,6-7,9-14H2,1H3. The van der Waals surface area contributed by atoms with E-state index in [1.165, 1.54) is 0 Å². The summed E-state index contributed by atoms with van der Waals surface area (Å²) < 4.78 is 5.47. The Bertz CT molecular complexity index is 814. The molecule has 2 aromatic rings. The number of hydrogen-bond acceptors (Lipinski definition) is 6. The molecule has 2 aromatic heterocycles. The molecule has 7 nitrogen and oxygen atoms in total. The monoisotopic (exact) mass is 396 g/mol. The van der Waals surface area contributed by atoms with Gasteiger partial charge in [-0.25, -0.2) is 0 Å². The fourth-order valence-electron chi connectivity index (χ4n) is 4.15. The lowest BCUT2D eigenvalue weighted by molar-refractivity contribution is -0.143. The Morgan fingerprint density at radius 1 is 1.14 bits per heavy atom. The number of likely N-dealkylation sites (tertiary alicyclic amines) is 1. The molecule has 7 heteroatoms. The van der Waals surface area contributed by atoms with E-state index >= 15 is 0 Å². The number of carbonyl (C=O) groups excluding carboxylic acids is 1. The maximum Gasteiger partial charge on any atom is 0.244 e. The van der Waals surface area contributed by atoms with Gasteiger partial charge < -0.3 is 14.7 Å². The van der Waals surface area contributed by atoms with Crippen molar-refractivity contribution in [3.63, 3.8) is 0 Å². The number of aliphatic hydroxyl groups is 1. The van der Waals surface area contributed by atoms with Crippen molar-refractivity contribution < 1.29 is 14.6 Å². The van der Waals surface area contributed by atoms with Gasteiger partial charge in [0.15, 0.2) is 0 Å². The van der Waals surface area contributed by atoms with E-state index in [-0.39, 0.29) is 11.9 Å². The average Bonchev–Trinajstić information content (AvgIpc) is 2.76. The molecular weight excluding hydrogens is 368 g/mol. The zero-order valence-corrected chi connectivity index (χ0v) is 16.8. The summed E-state index contributed by atoms with van der Waals surface area (Å²) in [6, 6.07) is 7.32. The van der Waals surface area contributed by atoms with Gasteiger partial charge in [-0.05, 0) is 43.0 Å². The van der Waals surface area contributed by atoms with E-state index in [9.17, 15) is 9.90 Å². The molecule has 154 valence electrons. The number of hydrogen-bond donors (Lipinski definition) is 1. The number of aromatic nitrogens is 2. The van der Waals surface area contributed by atoms with Gasteiger partial charge >= 0.3 is 0 Å². The first-order chi connectivity index (χ1) is 14.1. The summed E-state index contributed by atoms with van der Waals surface area (Å²) in [5.41, 5.74) is 1.68. The van der Waals surface area contributed by atoms with Crippen LogP contribution in [0.25, 0.3) is 0 Å². The second-order valence-electron chi connectivity index (χ2n) is 7.91. The Morgan fingerprint density at radius 3 is 2.52 bits per heavy atom. The number of rotatable bonds is 4. The molecule has 0 aliphatic carbocycles. The summed E-state index contributed by atoms with van der Waals surface area (Å²) in [4.78, 5) is 26.2. The van der Waals surface area contributed by atoms with Crippen molar-refractivity contribution in [1.82, 2.24) is 19.8 Å². The minimum Gasteiger partial charge on any atom is -0.383 e. The van der Waals surface area contributed by atoms with E-state index in [0.717, 1.165) is 24.2 Å². The maximum atomic E-state index is 13.5. The van der Waals surface area contributed by atoms with Gasteiger partial charge in [-0.2, -0.15) is 0 Å². The molecule has 1 N–H and O–H groups in total. The molecule has 4 heterocycles.